The molecule has 2 aromatic rings. The smallest absolute Gasteiger partial charge is 0.138 e. The predicted octanol–water partition coefficient (Wildman–Crippen LogP) is 4.39. The van der Waals surface area contributed by atoms with Crippen LogP contribution in [-0.2, 0) is 5.41 Å². The molecule has 142 valence electrons. The van der Waals surface area contributed by atoms with Gasteiger partial charge in [-0.3, -0.25) is 0 Å². The van der Waals surface area contributed by atoms with Crippen molar-refractivity contribution in [1.82, 2.24) is 0 Å². The second-order valence-corrected chi connectivity index (χ2v) is 9.57. The van der Waals surface area contributed by atoms with Crippen LogP contribution in [0.1, 0.15) is 50.2 Å². The van der Waals surface area contributed by atoms with Gasteiger partial charge in [0.05, 0.1) is 11.4 Å². The second kappa shape index (κ2) is 5.34. The monoisotopic (exact) mass is 364 g/mol. The van der Waals surface area contributed by atoms with E-state index in [1.165, 1.54) is 43.2 Å². The van der Waals surface area contributed by atoms with Crippen molar-refractivity contribution in [3.8, 4) is 11.5 Å². The Labute approximate surface area is 160 Å². The first-order valence-electron chi connectivity index (χ1n) is 10.00. The van der Waals surface area contributed by atoms with Crippen LogP contribution in [0, 0.1) is 23.2 Å². The van der Waals surface area contributed by atoms with E-state index in [0.29, 0.717) is 28.6 Å². The van der Waals surface area contributed by atoms with Crippen LogP contribution < -0.4 is 11.5 Å². The lowest BCUT2D eigenvalue weighted by molar-refractivity contribution is -0.0903. The molecule has 4 aliphatic carbocycles. The average Bonchev–Trinajstić information content (AvgIpc) is 2.59. The largest absolute Gasteiger partial charge is 0.506 e. The molecule has 27 heavy (non-hydrogen) atoms. The summed E-state index contributed by atoms with van der Waals surface area (Å²) in [5.74, 6) is 2.14. The molecule has 0 saturated heterocycles. The lowest BCUT2D eigenvalue weighted by Gasteiger charge is -2.65. The Morgan fingerprint density at radius 1 is 0.815 bits per heavy atom. The Bertz CT molecular complexity index is 853. The van der Waals surface area contributed by atoms with E-state index in [2.05, 4.69) is 6.92 Å². The van der Waals surface area contributed by atoms with Gasteiger partial charge in [0.2, 0.25) is 0 Å². The van der Waals surface area contributed by atoms with Gasteiger partial charge in [0, 0.05) is 5.41 Å². The van der Waals surface area contributed by atoms with Gasteiger partial charge in [-0.25, -0.2) is 0 Å². The number of aromatic hydroxyl groups is 2. The minimum Gasteiger partial charge on any atom is -0.506 e. The van der Waals surface area contributed by atoms with E-state index in [9.17, 15) is 10.2 Å². The highest BCUT2D eigenvalue weighted by Gasteiger charge is 2.61. The van der Waals surface area contributed by atoms with E-state index >= 15 is 0 Å². The molecule has 6 rings (SSSR count). The van der Waals surface area contributed by atoms with Gasteiger partial charge in [0.25, 0.3) is 0 Å². The molecular formula is C23H28N2O2. The fraction of sp³-hybridized carbons (Fsp3) is 0.478. The van der Waals surface area contributed by atoms with Gasteiger partial charge in [0.1, 0.15) is 11.5 Å². The van der Waals surface area contributed by atoms with Crippen molar-refractivity contribution < 1.29 is 10.2 Å². The normalized spacial score (nSPS) is 33.3. The molecule has 2 unspecified atom stereocenters. The summed E-state index contributed by atoms with van der Waals surface area (Å²) in [6, 6.07) is 11.5. The number of phenolic OH excluding ortho intramolecular Hbond substituents is 2. The lowest BCUT2D eigenvalue weighted by atomic mass is 9.39. The van der Waals surface area contributed by atoms with Gasteiger partial charge >= 0.3 is 0 Å². The van der Waals surface area contributed by atoms with Crippen molar-refractivity contribution in [1.29, 1.82) is 0 Å². The van der Waals surface area contributed by atoms with Crippen LogP contribution >= 0.6 is 0 Å². The zero-order valence-corrected chi connectivity index (χ0v) is 15.8. The SMILES string of the molecule is CC12CC3CC(C1)C(c1ccc(O)c(N)c1)(c1ccc(O)c(N)c1)C(C3)C2. The topological polar surface area (TPSA) is 92.5 Å². The summed E-state index contributed by atoms with van der Waals surface area (Å²) in [6.45, 7) is 2.46. The van der Waals surface area contributed by atoms with Crippen LogP contribution in [0.3, 0.4) is 0 Å². The third-order valence-corrected chi connectivity index (χ3v) is 7.79. The number of nitrogens with two attached hydrogens (primary N) is 2. The van der Waals surface area contributed by atoms with Crippen LogP contribution in [-0.4, -0.2) is 10.2 Å². The zero-order chi connectivity index (χ0) is 19.0. The number of hydrogen-bond donors (Lipinski definition) is 4. The number of nitrogen functional groups attached to an aromatic ring is 2. The molecule has 4 heteroatoms. The van der Waals surface area contributed by atoms with E-state index in [0.717, 1.165) is 5.92 Å². The Hall–Kier alpha value is -2.36. The van der Waals surface area contributed by atoms with Gasteiger partial charge < -0.3 is 21.7 Å². The van der Waals surface area contributed by atoms with Crippen LogP contribution in [0.2, 0.25) is 0 Å². The summed E-state index contributed by atoms with van der Waals surface area (Å²) >= 11 is 0. The third kappa shape index (κ3) is 2.22. The highest BCUT2D eigenvalue weighted by molar-refractivity contribution is 5.61. The van der Waals surface area contributed by atoms with E-state index in [1.807, 2.05) is 24.3 Å². The summed E-state index contributed by atoms with van der Waals surface area (Å²) in [5.41, 5.74) is 15.7. The summed E-state index contributed by atoms with van der Waals surface area (Å²) in [4.78, 5) is 0. The Morgan fingerprint density at radius 2 is 1.30 bits per heavy atom. The van der Waals surface area contributed by atoms with E-state index in [4.69, 9.17) is 11.5 Å². The molecule has 4 saturated carbocycles. The molecule has 0 heterocycles. The van der Waals surface area contributed by atoms with Crippen LogP contribution in [0.25, 0.3) is 0 Å². The lowest BCUT2D eigenvalue weighted by Crippen LogP contribution is -2.59. The van der Waals surface area contributed by atoms with Gasteiger partial charge in [-0.15, -0.1) is 0 Å². The summed E-state index contributed by atoms with van der Waals surface area (Å²) in [5, 5.41) is 20.0. The van der Waals surface area contributed by atoms with Crippen molar-refractivity contribution in [2.45, 2.75) is 44.4 Å². The number of benzene rings is 2. The standard InChI is InChI=1S/C23H28N2O2/c1-22-10-13-6-16(11-22)23(17(7-13)12-22,14-2-4-20(26)18(24)8-14)15-3-5-21(27)19(25)9-15/h2-5,8-9,13,16-17,26-27H,6-7,10-12,24-25H2,1H3. The van der Waals surface area contributed by atoms with Crippen LogP contribution in [0.5, 0.6) is 11.5 Å². The first-order chi connectivity index (χ1) is 12.8. The highest BCUT2D eigenvalue weighted by Crippen LogP contribution is 2.69. The molecule has 0 aliphatic heterocycles. The molecule has 0 aromatic heterocycles. The van der Waals surface area contributed by atoms with Crippen LogP contribution in [0.4, 0.5) is 11.4 Å². The van der Waals surface area contributed by atoms with Gasteiger partial charge in [0.15, 0.2) is 0 Å². The van der Waals surface area contributed by atoms with Crippen LogP contribution in [0.15, 0.2) is 36.4 Å². The van der Waals surface area contributed by atoms with Crippen molar-refractivity contribution in [2.24, 2.45) is 23.2 Å². The molecule has 4 bridgehead atoms. The van der Waals surface area contributed by atoms with Crippen molar-refractivity contribution in [3.05, 3.63) is 47.5 Å². The number of hydrogen-bond acceptors (Lipinski definition) is 4. The minimum atomic E-state index is -0.153. The molecule has 0 spiro atoms. The van der Waals surface area contributed by atoms with Crippen molar-refractivity contribution in [2.75, 3.05) is 11.5 Å². The maximum Gasteiger partial charge on any atom is 0.138 e. The maximum atomic E-state index is 9.99. The van der Waals surface area contributed by atoms with Crippen molar-refractivity contribution in [3.63, 3.8) is 0 Å². The number of phenols is 2. The first kappa shape index (κ1) is 16.8. The molecule has 0 radical (unpaired) electrons. The molecule has 2 atom stereocenters. The molecule has 4 fully saturated rings. The Balaban J connectivity index is 1.76. The predicted molar refractivity (Wildman–Crippen MR) is 107 cm³/mol. The second-order valence-electron chi connectivity index (χ2n) is 9.57. The highest BCUT2D eigenvalue weighted by atomic mass is 16.3. The molecule has 6 N–H and O–H groups in total. The molecule has 2 aromatic carbocycles. The molecule has 4 nitrogen and oxygen atoms in total. The molecule has 4 aliphatic rings. The minimum absolute atomic E-state index is 0.134. The zero-order valence-electron chi connectivity index (χ0n) is 15.8. The quantitative estimate of drug-likeness (QED) is 0.469. The van der Waals surface area contributed by atoms with Gasteiger partial charge in [-0.05, 0) is 90.7 Å². The first-order valence-corrected chi connectivity index (χ1v) is 10.00. The molecule has 0 amide bonds. The van der Waals surface area contributed by atoms with E-state index < -0.39 is 0 Å². The summed E-state index contributed by atoms with van der Waals surface area (Å²) in [7, 11) is 0. The van der Waals surface area contributed by atoms with E-state index in [-0.39, 0.29) is 16.9 Å². The van der Waals surface area contributed by atoms with Gasteiger partial charge in [-0.2, -0.15) is 0 Å². The molecular weight excluding hydrogens is 336 g/mol. The van der Waals surface area contributed by atoms with Crippen molar-refractivity contribution >= 4 is 11.4 Å². The fourth-order valence-electron chi connectivity index (χ4n) is 7.13. The Kier molecular flexibility index (Phi) is 3.32. The average molecular weight is 364 g/mol. The Morgan fingerprint density at radius 3 is 1.70 bits per heavy atom. The number of rotatable bonds is 2. The maximum absolute atomic E-state index is 9.99. The number of anilines is 2. The third-order valence-electron chi connectivity index (χ3n) is 7.79. The van der Waals surface area contributed by atoms with E-state index in [1.54, 1.807) is 12.1 Å². The fourth-order valence-corrected chi connectivity index (χ4v) is 7.13. The summed E-state index contributed by atoms with van der Waals surface area (Å²) < 4.78 is 0. The summed E-state index contributed by atoms with van der Waals surface area (Å²) in [6.07, 6.45) is 6.23. The van der Waals surface area contributed by atoms with Gasteiger partial charge in [-0.1, -0.05) is 19.1 Å².